The van der Waals surface area contributed by atoms with Gasteiger partial charge in [0.05, 0.1) is 0 Å². The quantitative estimate of drug-likeness (QED) is 0.324. The molecular formula is C19H20FIN6. The fraction of sp³-hybridized carbons (Fsp3) is 0.316. The van der Waals surface area contributed by atoms with Crippen LogP contribution in [0, 0.1) is 9.65 Å². The summed E-state index contributed by atoms with van der Waals surface area (Å²) in [6.07, 6.45) is 4.93. The highest BCUT2D eigenvalue weighted by atomic mass is 127. The molecule has 0 spiro atoms. The van der Waals surface area contributed by atoms with Gasteiger partial charge in [0, 0.05) is 23.1 Å². The first-order chi connectivity index (χ1) is 13.1. The fourth-order valence-corrected chi connectivity index (χ4v) is 4.36. The van der Waals surface area contributed by atoms with Gasteiger partial charge in [0.15, 0.2) is 17.0 Å². The molecule has 0 saturated heterocycles. The smallest absolute Gasteiger partial charge is 0.312 e. The molecule has 0 fully saturated rings. The first-order valence-electron chi connectivity index (χ1n) is 8.89. The van der Waals surface area contributed by atoms with Gasteiger partial charge in [0.25, 0.3) is 0 Å². The Hall–Kier alpha value is -2.23. The van der Waals surface area contributed by atoms with Crippen molar-refractivity contribution in [1.82, 2.24) is 24.8 Å². The highest BCUT2D eigenvalue weighted by Crippen LogP contribution is 2.29. The van der Waals surface area contributed by atoms with Gasteiger partial charge in [-0.15, -0.1) is 0 Å². The molecule has 0 aliphatic heterocycles. The molecule has 27 heavy (non-hydrogen) atoms. The van der Waals surface area contributed by atoms with E-state index >= 15 is 0 Å². The van der Waals surface area contributed by atoms with E-state index in [1.165, 1.54) is 26.7 Å². The number of rotatable bonds is 6. The lowest BCUT2D eigenvalue weighted by Gasteiger charge is -2.11. The molecule has 3 N–H and O–H groups in total. The largest absolute Gasteiger partial charge is 0.390 e. The molecular weight excluding hydrogens is 458 g/mol. The number of nitrogens with one attached hydrogen (secondary N) is 1. The van der Waals surface area contributed by atoms with Crippen LogP contribution in [0.3, 0.4) is 0 Å². The first-order valence-corrected chi connectivity index (χ1v) is 9.97. The molecule has 0 unspecified atom stereocenters. The number of nitrogens with two attached hydrogens (primary N) is 1. The molecule has 2 heterocycles. The second kappa shape index (κ2) is 7.41. The number of aryl methyl sites for hydroxylation is 2. The van der Waals surface area contributed by atoms with Gasteiger partial charge in [-0.2, -0.15) is 14.4 Å². The van der Waals surface area contributed by atoms with Crippen LogP contribution in [0.2, 0.25) is 0 Å². The number of nitrogen functional groups attached to an aromatic ring is 1. The van der Waals surface area contributed by atoms with E-state index in [9.17, 15) is 4.39 Å². The number of imidazole rings is 1. The van der Waals surface area contributed by atoms with Crippen molar-refractivity contribution in [3.63, 3.8) is 0 Å². The number of hydrogen-bond acceptors (Lipinski definition) is 5. The molecule has 4 rings (SSSR count). The molecule has 3 aromatic rings. The molecule has 0 saturated carbocycles. The Kier molecular flexibility index (Phi) is 4.98. The summed E-state index contributed by atoms with van der Waals surface area (Å²) < 4.78 is 16.9. The lowest BCUT2D eigenvalue weighted by Crippen LogP contribution is -2.17. The summed E-state index contributed by atoms with van der Waals surface area (Å²) in [6.45, 7) is 4.87. The minimum absolute atomic E-state index is 0.0674. The minimum atomic E-state index is -0.837. The Morgan fingerprint density at radius 3 is 2.81 bits per heavy atom. The summed E-state index contributed by atoms with van der Waals surface area (Å²) in [5, 5.41) is 3.06. The van der Waals surface area contributed by atoms with Crippen molar-refractivity contribution in [2.24, 2.45) is 0 Å². The van der Waals surface area contributed by atoms with Crippen LogP contribution < -0.4 is 11.1 Å². The Morgan fingerprint density at radius 2 is 2.04 bits per heavy atom. The van der Waals surface area contributed by atoms with Gasteiger partial charge in [-0.3, -0.25) is 0 Å². The maximum atomic E-state index is 13.7. The molecule has 1 aromatic carbocycles. The normalized spacial score (nSPS) is 13.1. The lowest BCUT2D eigenvalue weighted by molar-refractivity contribution is 0.541. The van der Waals surface area contributed by atoms with Gasteiger partial charge in [0.2, 0.25) is 0 Å². The second-order valence-corrected chi connectivity index (χ2v) is 7.79. The number of hydrogen-bond donors (Lipinski definition) is 2. The van der Waals surface area contributed by atoms with Crippen LogP contribution in [0.1, 0.15) is 28.9 Å². The van der Waals surface area contributed by atoms with Crippen LogP contribution in [0.5, 0.6) is 0 Å². The van der Waals surface area contributed by atoms with Crippen LogP contribution in [-0.4, -0.2) is 26.1 Å². The Balaban J connectivity index is 1.77. The van der Waals surface area contributed by atoms with Gasteiger partial charge >= 0.3 is 6.08 Å². The van der Waals surface area contributed by atoms with Gasteiger partial charge < -0.3 is 15.6 Å². The van der Waals surface area contributed by atoms with E-state index in [-0.39, 0.29) is 5.82 Å². The van der Waals surface area contributed by atoms with Crippen LogP contribution in [0.4, 0.5) is 10.2 Å². The van der Waals surface area contributed by atoms with Crippen molar-refractivity contribution in [2.45, 2.75) is 32.2 Å². The van der Waals surface area contributed by atoms with E-state index in [2.05, 4.69) is 61.6 Å². The van der Waals surface area contributed by atoms with Gasteiger partial charge in [-0.25, -0.2) is 4.98 Å². The molecule has 1 aliphatic rings. The highest BCUT2D eigenvalue weighted by molar-refractivity contribution is 14.1. The molecule has 1 aliphatic carbocycles. The van der Waals surface area contributed by atoms with Crippen molar-refractivity contribution in [2.75, 3.05) is 12.3 Å². The SMILES string of the molecule is C=CNCCn1c(Cc2cc3c(cc2I)CCC3)nc2c(N)nc(F)nc21. The van der Waals surface area contributed by atoms with E-state index in [0.717, 1.165) is 18.7 Å². The lowest BCUT2D eigenvalue weighted by atomic mass is 10.0. The molecule has 6 nitrogen and oxygen atoms in total. The third-order valence-electron chi connectivity index (χ3n) is 4.91. The van der Waals surface area contributed by atoms with Crippen LogP contribution in [-0.2, 0) is 25.8 Å². The van der Waals surface area contributed by atoms with Crippen molar-refractivity contribution < 1.29 is 4.39 Å². The van der Waals surface area contributed by atoms with E-state index in [1.54, 1.807) is 6.20 Å². The summed E-state index contributed by atoms with van der Waals surface area (Å²) >= 11 is 2.38. The van der Waals surface area contributed by atoms with Gasteiger partial charge in [-0.1, -0.05) is 12.6 Å². The maximum Gasteiger partial charge on any atom is 0.312 e. The first kappa shape index (κ1) is 18.1. The summed E-state index contributed by atoms with van der Waals surface area (Å²) in [4.78, 5) is 12.2. The molecule has 0 bridgehead atoms. The summed E-state index contributed by atoms with van der Waals surface area (Å²) in [5.74, 6) is 0.871. The molecule has 0 atom stereocenters. The zero-order valence-corrected chi connectivity index (χ0v) is 17.0. The molecule has 2 aromatic heterocycles. The third kappa shape index (κ3) is 3.50. The van der Waals surface area contributed by atoms with E-state index < -0.39 is 6.08 Å². The second-order valence-electron chi connectivity index (χ2n) is 6.63. The minimum Gasteiger partial charge on any atom is -0.390 e. The van der Waals surface area contributed by atoms with Gasteiger partial charge in [-0.05, 0) is 70.8 Å². The summed E-state index contributed by atoms with van der Waals surface area (Å²) in [5.41, 5.74) is 10.9. The van der Waals surface area contributed by atoms with Crippen molar-refractivity contribution >= 4 is 39.6 Å². The van der Waals surface area contributed by atoms with Gasteiger partial charge in [0.1, 0.15) is 5.82 Å². The number of aromatic nitrogens is 4. The fourth-order valence-electron chi connectivity index (χ4n) is 3.64. The van der Waals surface area contributed by atoms with E-state index in [1.807, 2.05) is 4.57 Å². The Labute approximate surface area is 170 Å². The molecule has 140 valence electrons. The number of anilines is 1. The number of fused-ring (bicyclic) bond motifs is 2. The average Bonchev–Trinajstić information content (AvgIpc) is 3.20. The van der Waals surface area contributed by atoms with Crippen LogP contribution in [0.15, 0.2) is 24.9 Å². The average molecular weight is 478 g/mol. The van der Waals surface area contributed by atoms with Crippen LogP contribution >= 0.6 is 22.6 Å². The summed E-state index contributed by atoms with van der Waals surface area (Å²) in [6, 6.07) is 4.56. The van der Waals surface area contributed by atoms with E-state index in [4.69, 9.17) is 5.73 Å². The summed E-state index contributed by atoms with van der Waals surface area (Å²) in [7, 11) is 0. The molecule has 8 heteroatoms. The van der Waals surface area contributed by atoms with Crippen molar-refractivity contribution in [1.29, 1.82) is 0 Å². The Bertz CT molecular complexity index is 1030. The maximum absolute atomic E-state index is 13.7. The Morgan fingerprint density at radius 1 is 1.26 bits per heavy atom. The zero-order valence-electron chi connectivity index (χ0n) is 14.8. The molecule has 0 amide bonds. The zero-order chi connectivity index (χ0) is 19.0. The standard InChI is InChI=1S/C19H20FIN6/c1-2-23-6-7-27-15(24-16-17(22)25-19(20)26-18(16)27)10-13-8-11-4-3-5-12(11)9-14(13)21/h2,8-9,23H,1,3-7,10H2,(H2,22,25,26). The van der Waals surface area contributed by atoms with Crippen molar-refractivity contribution in [3.05, 3.63) is 57.1 Å². The van der Waals surface area contributed by atoms with Crippen LogP contribution in [0.25, 0.3) is 11.2 Å². The monoisotopic (exact) mass is 478 g/mol. The molecule has 0 radical (unpaired) electrons. The number of benzene rings is 1. The van der Waals surface area contributed by atoms with Crippen molar-refractivity contribution in [3.8, 4) is 0 Å². The predicted octanol–water partition coefficient (Wildman–Crippen LogP) is 2.96. The number of halogens is 2. The number of nitrogens with zero attached hydrogens (tertiary/aromatic N) is 4. The highest BCUT2D eigenvalue weighted by Gasteiger charge is 2.19. The third-order valence-corrected chi connectivity index (χ3v) is 5.91. The van der Waals surface area contributed by atoms with E-state index in [0.29, 0.717) is 30.7 Å². The predicted molar refractivity (Wildman–Crippen MR) is 112 cm³/mol. The topological polar surface area (TPSA) is 81.7 Å².